The second-order valence-electron chi connectivity index (χ2n) is 11.6. The number of hydrogen-bond donors (Lipinski definition) is 2. The Bertz CT molecular complexity index is 2180. The third kappa shape index (κ3) is 6.85. The Kier molecular flexibility index (Phi) is 9.84. The molecule has 2 nitrogen and oxygen atoms in total. The van der Waals surface area contributed by atoms with Crippen LogP contribution in [0, 0.1) is 6.92 Å². The molecule has 0 unspecified atom stereocenters. The molecule has 0 fully saturated rings. The lowest BCUT2D eigenvalue weighted by atomic mass is 9.88. The third-order valence-electron chi connectivity index (χ3n) is 8.64. The van der Waals surface area contributed by atoms with Crippen LogP contribution in [-0.2, 0) is 0 Å². The maximum atomic E-state index is 6.12. The van der Waals surface area contributed by atoms with Crippen LogP contribution in [0.3, 0.4) is 0 Å². The normalized spacial score (nSPS) is 10.7. The molecule has 0 saturated heterocycles. The van der Waals surface area contributed by atoms with Crippen molar-refractivity contribution in [2.45, 2.75) is 13.0 Å². The van der Waals surface area contributed by atoms with E-state index in [1.54, 1.807) is 0 Å². The van der Waals surface area contributed by atoms with Gasteiger partial charge in [0.05, 0.1) is 6.04 Å². The average Bonchev–Trinajstić information content (AvgIpc) is 3.16. The number of hydrogen-bond acceptors (Lipinski definition) is 2. The quantitative estimate of drug-likeness (QED) is 0.195. The first-order chi connectivity index (χ1) is 23.2. The van der Waals surface area contributed by atoms with Gasteiger partial charge in [-0.25, -0.2) is 0 Å². The topological polar surface area (TPSA) is 52.0 Å². The van der Waals surface area contributed by atoms with Crippen LogP contribution < -0.4 is 11.5 Å². The SMILES string of the molecule is CN.Cc1ccc(-c2c(-c3ccc4c(ccc5ccccc54)c3)ccc3ccccc23)cc1.NC(c1ccccc1)c1ccccc1. The Labute approximate surface area is 277 Å². The molecule has 0 aliphatic rings. The molecule has 0 aliphatic carbocycles. The van der Waals surface area contributed by atoms with E-state index in [1.165, 1.54) is 67.2 Å². The lowest BCUT2D eigenvalue weighted by Crippen LogP contribution is -2.11. The summed E-state index contributed by atoms with van der Waals surface area (Å²) in [5.74, 6) is 0. The standard InChI is InChI=1S/C31H22.C13H13N.CH5N/c1-21-10-12-24(13-11-21)31-29-9-5-3-7-23(29)16-19-30(31)26-17-18-28-25(20-26)15-14-22-6-2-4-8-27(22)28;14-13(11-7-3-1-4-8-11)12-9-5-2-6-10-12;1-2/h2-20H,1H3;1-10,13H,14H2;2H2,1H3. The van der Waals surface area contributed by atoms with Crippen LogP contribution in [0.25, 0.3) is 54.6 Å². The number of nitrogens with two attached hydrogens (primary N) is 2. The molecule has 0 aliphatic heterocycles. The first-order valence-corrected chi connectivity index (χ1v) is 16.1. The Hall–Kier alpha value is -5.54. The summed E-state index contributed by atoms with van der Waals surface area (Å²) in [6.07, 6.45) is 0. The van der Waals surface area contributed by atoms with Gasteiger partial charge in [0, 0.05) is 0 Å². The molecule has 0 bridgehead atoms. The maximum absolute atomic E-state index is 6.12. The lowest BCUT2D eigenvalue weighted by molar-refractivity contribution is 0.871. The summed E-state index contributed by atoms with van der Waals surface area (Å²) in [6, 6.07) is 62.3. The monoisotopic (exact) mass is 608 g/mol. The molecule has 0 aromatic heterocycles. The van der Waals surface area contributed by atoms with Crippen LogP contribution >= 0.6 is 0 Å². The zero-order valence-corrected chi connectivity index (χ0v) is 27.0. The molecule has 0 atom stereocenters. The molecular formula is C45H40N2. The summed E-state index contributed by atoms with van der Waals surface area (Å²) in [5, 5.41) is 7.74. The van der Waals surface area contributed by atoms with Gasteiger partial charge in [-0.1, -0.05) is 175 Å². The Balaban J connectivity index is 0.000000203. The van der Waals surface area contributed by atoms with E-state index in [0.29, 0.717) is 0 Å². The van der Waals surface area contributed by atoms with E-state index in [-0.39, 0.29) is 6.04 Å². The maximum Gasteiger partial charge on any atom is 0.0551 e. The minimum atomic E-state index is -0.0163. The van der Waals surface area contributed by atoms with E-state index >= 15 is 0 Å². The third-order valence-corrected chi connectivity index (χ3v) is 8.64. The van der Waals surface area contributed by atoms with Gasteiger partial charge >= 0.3 is 0 Å². The highest BCUT2D eigenvalue weighted by Gasteiger charge is 2.13. The molecular weight excluding hydrogens is 569 g/mol. The van der Waals surface area contributed by atoms with Crippen molar-refractivity contribution in [3.05, 3.63) is 193 Å². The Morgan fingerprint density at radius 3 is 1.51 bits per heavy atom. The van der Waals surface area contributed by atoms with Crippen LogP contribution in [0.5, 0.6) is 0 Å². The summed E-state index contributed by atoms with van der Waals surface area (Å²) in [4.78, 5) is 0. The summed E-state index contributed by atoms with van der Waals surface area (Å²) in [6.45, 7) is 2.14. The summed E-state index contributed by atoms with van der Waals surface area (Å²) < 4.78 is 0. The Morgan fingerprint density at radius 1 is 0.404 bits per heavy atom. The van der Waals surface area contributed by atoms with E-state index in [1.807, 2.05) is 36.4 Å². The van der Waals surface area contributed by atoms with Gasteiger partial charge in [-0.3, -0.25) is 0 Å². The molecule has 0 spiro atoms. The number of rotatable bonds is 4. The van der Waals surface area contributed by atoms with Crippen LogP contribution in [0.2, 0.25) is 0 Å². The van der Waals surface area contributed by atoms with Gasteiger partial charge in [-0.2, -0.15) is 0 Å². The molecule has 230 valence electrons. The molecule has 0 amide bonds. The second-order valence-corrected chi connectivity index (χ2v) is 11.6. The van der Waals surface area contributed by atoms with Crippen LogP contribution in [0.15, 0.2) is 176 Å². The first kappa shape index (κ1) is 31.4. The van der Waals surface area contributed by atoms with Crippen molar-refractivity contribution in [3.8, 4) is 22.3 Å². The van der Waals surface area contributed by atoms with Crippen molar-refractivity contribution in [2.24, 2.45) is 11.5 Å². The predicted molar refractivity (Wildman–Crippen MR) is 204 cm³/mol. The van der Waals surface area contributed by atoms with Crippen molar-refractivity contribution in [1.82, 2.24) is 0 Å². The molecule has 8 aromatic carbocycles. The highest BCUT2D eigenvalue weighted by Crippen LogP contribution is 2.39. The van der Waals surface area contributed by atoms with Gasteiger partial charge in [0.1, 0.15) is 0 Å². The van der Waals surface area contributed by atoms with Gasteiger partial charge in [-0.05, 0) is 85.7 Å². The number of benzene rings is 8. The number of aryl methyl sites for hydroxylation is 1. The second kappa shape index (κ2) is 14.7. The molecule has 0 heterocycles. The average molecular weight is 609 g/mol. The highest BCUT2D eigenvalue weighted by atomic mass is 14.6. The fourth-order valence-electron chi connectivity index (χ4n) is 6.24. The lowest BCUT2D eigenvalue weighted by Gasteiger charge is -2.15. The molecule has 4 N–H and O–H groups in total. The largest absolute Gasteiger partial charge is 0.333 e. The first-order valence-electron chi connectivity index (χ1n) is 16.1. The molecule has 8 aromatic rings. The Morgan fingerprint density at radius 2 is 0.872 bits per heavy atom. The fraction of sp³-hybridized carbons (Fsp3) is 0.0667. The van der Waals surface area contributed by atoms with Crippen molar-refractivity contribution in [1.29, 1.82) is 0 Å². The zero-order valence-electron chi connectivity index (χ0n) is 27.0. The predicted octanol–water partition coefficient (Wildman–Crippen LogP) is 11.1. The van der Waals surface area contributed by atoms with Crippen molar-refractivity contribution in [2.75, 3.05) is 7.05 Å². The smallest absolute Gasteiger partial charge is 0.0551 e. The molecule has 0 radical (unpaired) electrons. The van der Waals surface area contributed by atoms with E-state index in [4.69, 9.17) is 5.73 Å². The number of fused-ring (bicyclic) bond motifs is 4. The van der Waals surface area contributed by atoms with E-state index < -0.39 is 0 Å². The van der Waals surface area contributed by atoms with Crippen LogP contribution in [0.1, 0.15) is 22.7 Å². The van der Waals surface area contributed by atoms with E-state index in [0.717, 1.165) is 11.1 Å². The van der Waals surface area contributed by atoms with Crippen molar-refractivity contribution >= 4 is 32.3 Å². The van der Waals surface area contributed by atoms with Gasteiger partial charge < -0.3 is 11.5 Å². The van der Waals surface area contributed by atoms with Crippen molar-refractivity contribution < 1.29 is 0 Å². The minimum Gasteiger partial charge on any atom is -0.333 e. The minimum absolute atomic E-state index is 0.0163. The van der Waals surface area contributed by atoms with Crippen LogP contribution in [0.4, 0.5) is 0 Å². The van der Waals surface area contributed by atoms with Crippen molar-refractivity contribution in [3.63, 3.8) is 0 Å². The van der Waals surface area contributed by atoms with Gasteiger partial charge in [-0.15, -0.1) is 0 Å². The van der Waals surface area contributed by atoms with Crippen LogP contribution in [-0.4, -0.2) is 7.05 Å². The zero-order chi connectivity index (χ0) is 32.6. The summed E-state index contributed by atoms with van der Waals surface area (Å²) in [7, 11) is 1.50. The molecule has 47 heavy (non-hydrogen) atoms. The summed E-state index contributed by atoms with van der Waals surface area (Å²) >= 11 is 0. The van der Waals surface area contributed by atoms with Gasteiger partial charge in [0.15, 0.2) is 0 Å². The van der Waals surface area contributed by atoms with E-state index in [2.05, 4.69) is 152 Å². The van der Waals surface area contributed by atoms with E-state index in [9.17, 15) is 0 Å². The fourth-order valence-corrected chi connectivity index (χ4v) is 6.24. The molecule has 2 heteroatoms. The molecule has 0 saturated carbocycles. The van der Waals surface area contributed by atoms with Gasteiger partial charge in [0.2, 0.25) is 0 Å². The molecule has 8 rings (SSSR count). The summed E-state index contributed by atoms with van der Waals surface area (Å²) in [5.41, 5.74) is 19.3. The van der Waals surface area contributed by atoms with Gasteiger partial charge in [0.25, 0.3) is 0 Å². The highest BCUT2D eigenvalue weighted by molar-refractivity contribution is 6.10.